The van der Waals surface area contributed by atoms with E-state index in [0.29, 0.717) is 54.7 Å². The first-order valence-corrected chi connectivity index (χ1v) is 22.2. The van der Waals surface area contributed by atoms with Crippen molar-refractivity contribution >= 4 is 50.4 Å². The number of benzene rings is 1. The first-order valence-electron chi connectivity index (χ1n) is 20.6. The number of hydrogen-bond donors (Lipinski definition) is 3. The molecule has 1 saturated heterocycles. The lowest BCUT2D eigenvalue weighted by Crippen LogP contribution is -2.58. The summed E-state index contributed by atoms with van der Waals surface area (Å²) in [4.78, 5) is 71.3. The van der Waals surface area contributed by atoms with E-state index in [2.05, 4.69) is 25.3 Å². The summed E-state index contributed by atoms with van der Waals surface area (Å²) in [6.07, 6.45) is 14.7. The molecule has 18 heteroatoms. The third-order valence-electron chi connectivity index (χ3n) is 12.1. The molecule has 0 unspecified atom stereocenters. The highest BCUT2D eigenvalue weighted by Gasteiger charge is 2.62. The monoisotopic (exact) mass is 825 g/mol. The quantitative estimate of drug-likeness (QED) is 0.217. The van der Waals surface area contributed by atoms with E-state index in [-0.39, 0.29) is 31.4 Å². The van der Waals surface area contributed by atoms with E-state index in [0.717, 1.165) is 43.9 Å². The molecule has 3 saturated carbocycles. The van der Waals surface area contributed by atoms with E-state index in [1.54, 1.807) is 29.2 Å². The van der Waals surface area contributed by atoms with Crippen molar-refractivity contribution in [2.24, 2.45) is 5.92 Å². The van der Waals surface area contributed by atoms with Gasteiger partial charge in [0, 0.05) is 36.2 Å². The molecule has 0 spiro atoms. The van der Waals surface area contributed by atoms with Gasteiger partial charge in [0.05, 0.1) is 29.2 Å². The highest BCUT2D eigenvalue weighted by molar-refractivity contribution is 7.91. The van der Waals surface area contributed by atoms with Crippen LogP contribution in [-0.2, 0) is 29.1 Å². The summed E-state index contributed by atoms with van der Waals surface area (Å²) >= 11 is 0. The normalized spacial score (nSPS) is 27.2. The van der Waals surface area contributed by atoms with Crippen molar-refractivity contribution in [1.82, 2.24) is 44.8 Å². The van der Waals surface area contributed by atoms with Gasteiger partial charge in [0.25, 0.3) is 5.91 Å². The van der Waals surface area contributed by atoms with Crippen LogP contribution in [-0.4, -0.2) is 103 Å². The second-order valence-corrected chi connectivity index (χ2v) is 18.3. The summed E-state index contributed by atoms with van der Waals surface area (Å²) in [6.45, 7) is -0.0452. The average molecular weight is 826 g/mol. The predicted octanol–water partition coefficient (Wildman–Crippen LogP) is 3.73. The van der Waals surface area contributed by atoms with Gasteiger partial charge in [-0.25, -0.2) is 18.2 Å². The van der Waals surface area contributed by atoms with Crippen LogP contribution in [0.4, 0.5) is 4.79 Å². The van der Waals surface area contributed by atoms with Gasteiger partial charge in [0.1, 0.15) is 35.5 Å². The molecule has 9 rings (SSSR count). The van der Waals surface area contributed by atoms with Gasteiger partial charge in [-0.1, -0.05) is 37.1 Å². The van der Waals surface area contributed by atoms with E-state index in [1.807, 2.05) is 36.4 Å². The fourth-order valence-electron chi connectivity index (χ4n) is 8.60. The zero-order chi connectivity index (χ0) is 40.7. The number of carbonyl (C=O) groups excluding carboxylic acids is 4. The van der Waals surface area contributed by atoms with Crippen molar-refractivity contribution in [2.45, 2.75) is 119 Å². The Labute approximate surface area is 340 Å². The number of nitrogens with one attached hydrogen (secondary N) is 3. The number of rotatable bonds is 8. The predicted molar refractivity (Wildman–Crippen MR) is 213 cm³/mol. The van der Waals surface area contributed by atoms with Gasteiger partial charge in [0.15, 0.2) is 5.65 Å². The Kier molecular flexibility index (Phi) is 10.4. The second-order valence-electron chi connectivity index (χ2n) is 16.3. The molecule has 17 nitrogen and oxygen atoms in total. The van der Waals surface area contributed by atoms with Gasteiger partial charge in [-0.05, 0) is 76.3 Å². The van der Waals surface area contributed by atoms with Crippen LogP contribution in [0.15, 0.2) is 61.1 Å². The molecule has 310 valence electrons. The van der Waals surface area contributed by atoms with Crippen LogP contribution in [0.25, 0.3) is 27.9 Å². The highest BCUT2D eigenvalue weighted by atomic mass is 32.2. The SMILES string of the molecule is O=C(N[C@H]1CCCCC/C=C\[C@H]2C[C@@]2(C(=O)NS(=O)(=O)C2CC2)NC(=O)[C@@H]2C[C@@H](Oc3cc(-c4cnccn4)nc4c5ccccc5nn34)CN2C1=O)OC1CCCC1. The fourth-order valence-corrected chi connectivity index (χ4v) is 9.97. The van der Waals surface area contributed by atoms with E-state index in [4.69, 9.17) is 19.6 Å². The number of alkyl carbamates (subject to hydrolysis) is 1. The summed E-state index contributed by atoms with van der Waals surface area (Å²) in [7, 11) is -3.91. The third-order valence-corrected chi connectivity index (χ3v) is 13.9. The number of nitrogens with zero attached hydrogens (tertiary/aromatic N) is 6. The Morgan fingerprint density at radius 2 is 1.76 bits per heavy atom. The average Bonchev–Trinajstić information content (AvgIpc) is 4.04. The Bertz CT molecular complexity index is 2420. The van der Waals surface area contributed by atoms with Crippen LogP contribution >= 0.6 is 0 Å². The Morgan fingerprint density at radius 3 is 2.56 bits per heavy atom. The number of fused-ring (bicyclic) bond motifs is 5. The molecule has 2 aliphatic heterocycles. The third kappa shape index (κ3) is 8.06. The Balaban J connectivity index is 1.05. The van der Waals surface area contributed by atoms with Crippen LogP contribution in [0.2, 0.25) is 0 Å². The number of ether oxygens (including phenoxy) is 2. The van der Waals surface area contributed by atoms with Gasteiger partial charge in [0.2, 0.25) is 27.7 Å². The van der Waals surface area contributed by atoms with Crippen LogP contribution in [0.5, 0.6) is 5.88 Å². The maximum atomic E-state index is 14.7. The van der Waals surface area contributed by atoms with Crippen LogP contribution in [0.3, 0.4) is 0 Å². The van der Waals surface area contributed by atoms with Crippen LogP contribution in [0, 0.1) is 5.92 Å². The number of aromatic nitrogens is 5. The van der Waals surface area contributed by atoms with E-state index >= 15 is 0 Å². The smallest absolute Gasteiger partial charge is 0.408 e. The molecule has 5 aliphatic rings. The zero-order valence-corrected chi connectivity index (χ0v) is 33.3. The van der Waals surface area contributed by atoms with Crippen molar-refractivity contribution in [2.75, 3.05) is 6.54 Å². The maximum Gasteiger partial charge on any atom is 0.408 e. The number of carbonyl (C=O) groups is 4. The zero-order valence-electron chi connectivity index (χ0n) is 32.5. The number of allylic oxidation sites excluding steroid dienone is 1. The first-order chi connectivity index (χ1) is 28.6. The summed E-state index contributed by atoms with van der Waals surface area (Å²) in [5.41, 5.74) is 0.628. The minimum Gasteiger partial charge on any atom is -0.472 e. The van der Waals surface area contributed by atoms with Gasteiger partial charge in [-0.15, -0.1) is 0 Å². The first kappa shape index (κ1) is 38.8. The highest BCUT2D eigenvalue weighted by Crippen LogP contribution is 2.46. The lowest BCUT2D eigenvalue weighted by molar-refractivity contribution is -0.141. The molecule has 4 amide bonds. The van der Waals surface area contributed by atoms with Crippen molar-refractivity contribution in [3.63, 3.8) is 0 Å². The summed E-state index contributed by atoms with van der Waals surface area (Å²) < 4.78 is 42.1. The molecule has 3 aromatic heterocycles. The van der Waals surface area contributed by atoms with Crippen molar-refractivity contribution in [3.8, 4) is 17.3 Å². The van der Waals surface area contributed by atoms with Gasteiger partial charge >= 0.3 is 6.09 Å². The topological polar surface area (TPSA) is 216 Å². The van der Waals surface area contributed by atoms with E-state index in [1.165, 1.54) is 4.90 Å². The molecule has 4 aromatic rings. The molecule has 3 N–H and O–H groups in total. The summed E-state index contributed by atoms with van der Waals surface area (Å²) in [5, 5.41) is 10.6. The molecule has 0 radical (unpaired) electrons. The van der Waals surface area contributed by atoms with Crippen molar-refractivity contribution < 1.29 is 37.1 Å². The maximum absolute atomic E-state index is 14.7. The number of hydrogen-bond acceptors (Lipinski definition) is 12. The van der Waals surface area contributed by atoms with Gasteiger partial charge in [-0.2, -0.15) is 9.61 Å². The van der Waals surface area contributed by atoms with Crippen LogP contribution in [0.1, 0.15) is 83.5 Å². The molecule has 3 aliphatic carbocycles. The van der Waals surface area contributed by atoms with Gasteiger partial charge < -0.3 is 25.0 Å². The molecule has 1 aromatic carbocycles. The Hall–Kier alpha value is -5.65. The van der Waals surface area contributed by atoms with E-state index in [9.17, 15) is 27.6 Å². The van der Waals surface area contributed by atoms with Crippen molar-refractivity contribution in [1.29, 1.82) is 0 Å². The number of sulfonamides is 1. The number of amides is 4. The Morgan fingerprint density at radius 1 is 0.949 bits per heavy atom. The summed E-state index contributed by atoms with van der Waals surface area (Å²) in [5.74, 6) is -2.07. The molecule has 5 heterocycles. The van der Waals surface area contributed by atoms with E-state index < -0.39 is 68.7 Å². The second kappa shape index (κ2) is 15.8. The largest absolute Gasteiger partial charge is 0.472 e. The molecular formula is C41H47N9O8S. The fraction of sp³-hybridized carbons (Fsp3) is 0.512. The molecule has 59 heavy (non-hydrogen) atoms. The summed E-state index contributed by atoms with van der Waals surface area (Å²) in [6, 6.07) is 7.06. The molecule has 0 bridgehead atoms. The minimum absolute atomic E-state index is 0.0144. The standard InChI is InChI=1S/C41H47N9O8S/c51-37-34-20-27(57-35-21-32(33-23-42-18-19-43-33)44-36-29-13-8-9-14-30(29)47-50(35)36)24-49(34)38(52)31(45-40(54)58-26-11-6-7-12-26)15-5-3-1-2-4-10-25-22-41(25,46-37)39(53)48-59(55,56)28-16-17-28/h4,8-10,13-14,18-19,21,23,25-28,31,34H,1-3,5-7,11-12,15-17,20,22,24H2,(H,45,54)(H,46,51)(H,48,53)/b10-4-/t25-,27+,31-,34-,41+/m0/s1. The van der Waals surface area contributed by atoms with Crippen LogP contribution < -0.4 is 20.1 Å². The van der Waals surface area contributed by atoms with Crippen molar-refractivity contribution in [3.05, 3.63) is 61.1 Å². The lowest BCUT2D eigenvalue weighted by atomic mass is 10.0. The molecule has 5 atom stereocenters. The molecule has 4 fully saturated rings. The van der Waals surface area contributed by atoms with Gasteiger partial charge in [-0.3, -0.25) is 29.1 Å². The lowest BCUT2D eigenvalue weighted by Gasteiger charge is -2.30. The molecular weight excluding hydrogens is 779 g/mol. The minimum atomic E-state index is -3.91.